The maximum atomic E-state index is 15.8. The van der Waals surface area contributed by atoms with Crippen LogP contribution >= 0.6 is 11.6 Å². The highest BCUT2D eigenvalue weighted by Crippen LogP contribution is 2.31. The molecule has 0 aliphatic carbocycles. The average molecular weight is 692 g/mol. The minimum atomic E-state index is -4.11. The maximum Gasteiger partial charge on any atom is 0.427 e. The van der Waals surface area contributed by atoms with E-state index in [1.165, 1.54) is 35.0 Å². The zero-order valence-corrected chi connectivity index (χ0v) is 27.3. The Morgan fingerprint density at radius 1 is 0.896 bits per heavy atom. The van der Waals surface area contributed by atoms with Gasteiger partial charge in [-0.3, -0.25) is 9.59 Å². The Labute approximate surface area is 276 Å². The first kappa shape index (κ1) is 35.8. The van der Waals surface area contributed by atoms with Crippen LogP contribution in [0.3, 0.4) is 0 Å². The SMILES string of the molecule is CC(C)(C)OC(=O)N(C(=O)OC(C)(C)C)c1nc2cc(-c3ccc(Cl)c(C(=O)NCC(F)(F)C(=O)c4ccc(F)cc4)c3F)ccn2n1. The van der Waals surface area contributed by atoms with Crippen molar-refractivity contribution in [3.63, 3.8) is 0 Å². The van der Waals surface area contributed by atoms with Crippen molar-refractivity contribution in [2.45, 2.75) is 58.7 Å². The Morgan fingerprint density at radius 3 is 2.04 bits per heavy atom. The summed E-state index contributed by atoms with van der Waals surface area (Å²) in [5.41, 5.74) is -3.29. The van der Waals surface area contributed by atoms with Crippen molar-refractivity contribution in [3.8, 4) is 11.1 Å². The van der Waals surface area contributed by atoms with E-state index in [9.17, 15) is 32.3 Å². The zero-order chi connectivity index (χ0) is 35.8. The van der Waals surface area contributed by atoms with Crippen LogP contribution in [0.4, 0.5) is 33.1 Å². The number of fused-ring (bicyclic) bond motifs is 1. The Bertz CT molecular complexity index is 1870. The molecule has 0 saturated carbocycles. The van der Waals surface area contributed by atoms with Crippen molar-refractivity contribution in [2.24, 2.45) is 0 Å². The summed E-state index contributed by atoms with van der Waals surface area (Å²) in [7, 11) is 0. The lowest BCUT2D eigenvalue weighted by molar-refractivity contribution is 0.0111. The molecule has 2 aromatic carbocycles. The topological polar surface area (TPSA) is 132 Å². The van der Waals surface area contributed by atoms with E-state index >= 15 is 4.39 Å². The molecule has 0 spiro atoms. The van der Waals surface area contributed by atoms with Gasteiger partial charge in [-0.1, -0.05) is 11.6 Å². The third kappa shape index (κ3) is 8.26. The van der Waals surface area contributed by atoms with Crippen LogP contribution in [0.15, 0.2) is 54.7 Å². The third-order valence-electron chi connectivity index (χ3n) is 6.22. The van der Waals surface area contributed by atoms with Gasteiger partial charge in [0.25, 0.3) is 11.9 Å². The summed E-state index contributed by atoms with van der Waals surface area (Å²) < 4.78 is 70.1. The highest BCUT2D eigenvalue weighted by molar-refractivity contribution is 6.34. The fourth-order valence-corrected chi connectivity index (χ4v) is 4.37. The van der Waals surface area contributed by atoms with E-state index in [-0.39, 0.29) is 16.8 Å². The molecule has 4 aromatic rings. The van der Waals surface area contributed by atoms with Crippen LogP contribution in [0.25, 0.3) is 16.8 Å². The molecule has 0 fully saturated rings. The van der Waals surface area contributed by atoms with Gasteiger partial charge >= 0.3 is 18.1 Å². The van der Waals surface area contributed by atoms with Crippen LogP contribution in [0.1, 0.15) is 62.3 Å². The normalized spacial score (nSPS) is 12.1. The number of alkyl halides is 2. The van der Waals surface area contributed by atoms with Crippen molar-refractivity contribution in [1.82, 2.24) is 19.9 Å². The summed E-state index contributed by atoms with van der Waals surface area (Å²) in [5.74, 6) is -9.45. The van der Waals surface area contributed by atoms with Gasteiger partial charge in [-0.05, 0) is 95.6 Å². The second-order valence-corrected chi connectivity index (χ2v) is 12.8. The van der Waals surface area contributed by atoms with Gasteiger partial charge in [-0.25, -0.2) is 22.9 Å². The number of imide groups is 1. The van der Waals surface area contributed by atoms with E-state index in [0.717, 1.165) is 24.3 Å². The van der Waals surface area contributed by atoms with Gasteiger partial charge in [0.1, 0.15) is 22.8 Å². The van der Waals surface area contributed by atoms with Crippen LogP contribution in [0.2, 0.25) is 5.02 Å². The molecule has 2 heterocycles. The lowest BCUT2D eigenvalue weighted by Crippen LogP contribution is -2.44. The molecular weight excluding hydrogens is 662 g/mol. The predicted molar refractivity (Wildman–Crippen MR) is 166 cm³/mol. The van der Waals surface area contributed by atoms with Gasteiger partial charge in [0, 0.05) is 17.3 Å². The highest BCUT2D eigenvalue weighted by Gasteiger charge is 2.40. The van der Waals surface area contributed by atoms with Crippen LogP contribution in [0, 0.1) is 11.6 Å². The fraction of sp³-hybridized carbons (Fsp3) is 0.312. The number of benzene rings is 2. The molecule has 48 heavy (non-hydrogen) atoms. The van der Waals surface area contributed by atoms with Crippen molar-refractivity contribution in [3.05, 3.63) is 82.5 Å². The molecule has 0 saturated heterocycles. The monoisotopic (exact) mass is 691 g/mol. The van der Waals surface area contributed by atoms with E-state index in [2.05, 4.69) is 10.1 Å². The Morgan fingerprint density at radius 2 is 1.48 bits per heavy atom. The van der Waals surface area contributed by atoms with Gasteiger partial charge in [-0.2, -0.15) is 13.8 Å². The number of pyridine rings is 1. The number of amides is 3. The summed E-state index contributed by atoms with van der Waals surface area (Å²) in [6, 6.07) is 8.50. The number of carbonyl (C=O) groups is 4. The Hall–Kier alpha value is -5.05. The number of aromatic nitrogens is 3. The smallest absolute Gasteiger partial charge is 0.427 e. The van der Waals surface area contributed by atoms with Crippen LogP contribution in [0.5, 0.6) is 0 Å². The van der Waals surface area contributed by atoms with Crippen molar-refractivity contribution in [1.29, 1.82) is 0 Å². The van der Waals surface area contributed by atoms with Gasteiger partial charge in [0.15, 0.2) is 5.65 Å². The predicted octanol–water partition coefficient (Wildman–Crippen LogP) is 7.25. The molecule has 0 bridgehead atoms. The second-order valence-electron chi connectivity index (χ2n) is 12.4. The molecule has 3 amide bonds. The summed E-state index contributed by atoms with van der Waals surface area (Å²) in [5, 5.41) is 5.58. The lowest BCUT2D eigenvalue weighted by atomic mass is 10.0. The number of carbonyl (C=O) groups excluding carboxylic acids is 4. The van der Waals surface area contributed by atoms with Gasteiger partial charge in [-0.15, -0.1) is 10.00 Å². The number of Topliss-reactive ketones (excluding diaryl/α,β-unsaturated/α-hetero) is 1. The number of nitrogens with zero attached hydrogens (tertiary/aromatic N) is 4. The fourth-order valence-electron chi connectivity index (χ4n) is 4.14. The largest absolute Gasteiger partial charge is 0.443 e. The number of rotatable bonds is 7. The number of ether oxygens (including phenoxy) is 2. The second kappa shape index (κ2) is 13.2. The summed E-state index contributed by atoms with van der Waals surface area (Å²) in [4.78, 5) is 55.9. The molecule has 2 aromatic heterocycles. The molecule has 1 N–H and O–H groups in total. The number of anilines is 1. The van der Waals surface area contributed by atoms with Crippen LogP contribution < -0.4 is 10.2 Å². The summed E-state index contributed by atoms with van der Waals surface area (Å²) in [6.45, 7) is 8.06. The maximum absolute atomic E-state index is 15.8. The number of hydrogen-bond acceptors (Lipinski definition) is 8. The van der Waals surface area contributed by atoms with Gasteiger partial charge in [0.2, 0.25) is 5.78 Å². The third-order valence-corrected chi connectivity index (χ3v) is 6.53. The minimum Gasteiger partial charge on any atom is -0.443 e. The standard InChI is InChI=1S/C32H30ClF4N5O6/c1-30(2,3)47-28(45)42(29(46)48-31(4,5)6)27-39-22-15-18(13-14-41(22)40-27)20-11-12-21(33)23(24(20)35)26(44)38-16-32(36,37)25(43)17-7-9-19(34)10-8-17/h7-15H,16H2,1-6H3,(H,38,44). The lowest BCUT2D eigenvalue weighted by Gasteiger charge is -2.26. The van der Waals surface area contributed by atoms with Crippen molar-refractivity contribution >= 4 is 47.1 Å². The Balaban J connectivity index is 1.63. The summed E-state index contributed by atoms with van der Waals surface area (Å²) in [6.07, 6.45) is -0.895. The molecule has 0 radical (unpaired) electrons. The zero-order valence-electron chi connectivity index (χ0n) is 26.5. The van der Waals surface area contributed by atoms with Gasteiger partial charge < -0.3 is 14.8 Å². The van der Waals surface area contributed by atoms with E-state index < -0.39 is 81.3 Å². The molecule has 4 rings (SSSR count). The first-order valence-corrected chi connectivity index (χ1v) is 14.6. The molecule has 0 unspecified atom stereocenters. The van der Waals surface area contributed by atoms with Crippen molar-refractivity contribution in [2.75, 3.05) is 11.4 Å². The van der Waals surface area contributed by atoms with Crippen LogP contribution in [-0.2, 0) is 9.47 Å². The van der Waals surface area contributed by atoms with Gasteiger partial charge in [0.05, 0.1) is 17.1 Å². The molecule has 0 atom stereocenters. The number of ketones is 1. The van der Waals surface area contributed by atoms with Crippen molar-refractivity contribution < 1.29 is 46.2 Å². The summed E-state index contributed by atoms with van der Waals surface area (Å²) >= 11 is 6.08. The van der Waals surface area contributed by atoms with E-state index in [1.54, 1.807) is 41.5 Å². The van der Waals surface area contributed by atoms with E-state index in [1.807, 2.05) is 5.32 Å². The number of hydrogen-bond donors (Lipinski definition) is 1. The number of nitrogens with one attached hydrogen (secondary N) is 1. The average Bonchev–Trinajstić information content (AvgIpc) is 3.37. The minimum absolute atomic E-state index is 0.0268. The first-order valence-electron chi connectivity index (χ1n) is 14.2. The van der Waals surface area contributed by atoms with E-state index in [4.69, 9.17) is 21.1 Å². The Kier molecular flexibility index (Phi) is 9.86. The number of halogens is 5. The molecule has 0 aliphatic heterocycles. The first-order chi connectivity index (χ1) is 22.2. The highest BCUT2D eigenvalue weighted by atomic mass is 35.5. The molecule has 0 aliphatic rings. The molecular formula is C32H30ClF4N5O6. The molecule has 11 nitrogen and oxygen atoms in total. The van der Waals surface area contributed by atoms with Crippen LogP contribution in [-0.4, -0.2) is 62.1 Å². The van der Waals surface area contributed by atoms with E-state index in [0.29, 0.717) is 4.90 Å². The molecule has 254 valence electrons. The molecule has 16 heteroatoms. The quantitative estimate of drug-likeness (QED) is 0.158.